The number of nitrogens with two attached hydrogens (primary N) is 1. The van der Waals surface area contributed by atoms with E-state index in [0.717, 1.165) is 38.5 Å². The van der Waals surface area contributed by atoms with Crippen LogP contribution in [0.25, 0.3) is 0 Å². The van der Waals surface area contributed by atoms with Crippen molar-refractivity contribution in [1.29, 1.82) is 0 Å². The molecule has 1 unspecified atom stereocenters. The van der Waals surface area contributed by atoms with E-state index < -0.39 is 44.7 Å². The third kappa shape index (κ3) is 32.7. The number of allylic oxidation sites excluding steroid dienone is 2. The molecule has 1 saturated carbocycles. The number of hydrogen-bond acceptors (Lipinski definition) is 11. The van der Waals surface area contributed by atoms with Gasteiger partial charge in [-0.15, -0.1) is 0 Å². The number of hydrogen-bond donors (Lipinski definition) is 4. The second-order valence-electron chi connectivity index (χ2n) is 17.5. The number of esters is 2. The molecule has 0 saturated heterocycles. The fourth-order valence-corrected chi connectivity index (χ4v) is 8.68. The first-order valence-corrected chi connectivity index (χ1v) is 26.4. The Hall–Kier alpha value is -1.92. The Morgan fingerprint density at radius 3 is 1.79 bits per heavy atom. The third-order valence-electron chi connectivity index (χ3n) is 11.7. The Morgan fingerprint density at radius 1 is 0.726 bits per heavy atom. The number of phosphoric ester groups is 1. The number of Topliss-reactive ketones (excluding diaryl/α,β-unsaturated/α-hetero) is 1. The zero-order valence-electron chi connectivity index (χ0n) is 39.1. The molecule has 0 spiro atoms. The Kier molecular flexibility index (Phi) is 37.0. The number of phosphoric acid groups is 1. The monoisotopic (exact) mass is 900 g/mol. The number of aliphatic hydroxyl groups is 2. The zero-order chi connectivity index (χ0) is 45.5. The number of carbonyl (C=O) groups is 3. The molecule has 5 N–H and O–H groups in total. The van der Waals surface area contributed by atoms with Crippen LogP contribution >= 0.6 is 7.82 Å². The number of ether oxygens (including phenoxy) is 2. The quantitative estimate of drug-likeness (QED) is 0.0196. The van der Waals surface area contributed by atoms with Gasteiger partial charge in [-0.1, -0.05) is 186 Å². The van der Waals surface area contributed by atoms with Crippen molar-refractivity contribution in [2.45, 2.75) is 231 Å². The van der Waals surface area contributed by atoms with Crippen LogP contribution in [0.4, 0.5) is 0 Å². The van der Waals surface area contributed by atoms with E-state index in [2.05, 4.69) is 13.8 Å². The van der Waals surface area contributed by atoms with Gasteiger partial charge >= 0.3 is 19.8 Å². The van der Waals surface area contributed by atoms with Crippen molar-refractivity contribution in [3.05, 3.63) is 24.3 Å². The Balaban J connectivity index is 2.29. The first-order chi connectivity index (χ1) is 30.0. The molecule has 1 rings (SSSR count). The van der Waals surface area contributed by atoms with Crippen LogP contribution in [-0.4, -0.2) is 77.5 Å². The minimum Gasteiger partial charge on any atom is -0.462 e. The zero-order valence-corrected chi connectivity index (χ0v) is 40.0. The predicted molar refractivity (Wildman–Crippen MR) is 248 cm³/mol. The highest BCUT2D eigenvalue weighted by molar-refractivity contribution is 7.47. The lowest BCUT2D eigenvalue weighted by Crippen LogP contribution is -2.29. The second kappa shape index (κ2) is 39.4. The summed E-state index contributed by atoms with van der Waals surface area (Å²) in [5, 5.41) is 20.7. The average molecular weight is 900 g/mol. The van der Waals surface area contributed by atoms with Crippen molar-refractivity contribution in [1.82, 2.24) is 0 Å². The van der Waals surface area contributed by atoms with Crippen molar-refractivity contribution in [2.75, 3.05) is 26.4 Å². The van der Waals surface area contributed by atoms with Gasteiger partial charge in [-0.05, 0) is 32.1 Å². The fourth-order valence-electron chi connectivity index (χ4n) is 7.91. The van der Waals surface area contributed by atoms with Crippen LogP contribution in [0.2, 0.25) is 0 Å². The molecule has 0 aromatic heterocycles. The molecule has 62 heavy (non-hydrogen) atoms. The molecule has 13 heteroatoms. The minimum atomic E-state index is -4.44. The number of aliphatic hydroxyl groups excluding tert-OH is 2. The summed E-state index contributed by atoms with van der Waals surface area (Å²) < 4.78 is 32.8. The summed E-state index contributed by atoms with van der Waals surface area (Å²) in [7, 11) is -4.44. The van der Waals surface area contributed by atoms with Crippen molar-refractivity contribution in [3.8, 4) is 0 Å². The maximum absolute atomic E-state index is 12.7. The van der Waals surface area contributed by atoms with Crippen LogP contribution < -0.4 is 5.73 Å². The van der Waals surface area contributed by atoms with Crippen molar-refractivity contribution in [2.24, 2.45) is 17.6 Å². The summed E-state index contributed by atoms with van der Waals surface area (Å²) in [5.74, 6) is -1.72. The Bertz CT molecular complexity index is 1230. The largest absolute Gasteiger partial charge is 0.472 e. The molecule has 12 nitrogen and oxygen atoms in total. The van der Waals surface area contributed by atoms with E-state index in [1.165, 1.54) is 109 Å². The van der Waals surface area contributed by atoms with Crippen LogP contribution in [0, 0.1) is 11.8 Å². The smallest absolute Gasteiger partial charge is 0.462 e. The van der Waals surface area contributed by atoms with Gasteiger partial charge < -0.3 is 30.3 Å². The summed E-state index contributed by atoms with van der Waals surface area (Å²) in [6.45, 7) is 3.36. The molecule has 0 aromatic carbocycles. The summed E-state index contributed by atoms with van der Waals surface area (Å²) in [5.41, 5.74) is 5.36. The maximum atomic E-state index is 12.7. The maximum Gasteiger partial charge on any atom is 0.472 e. The molecule has 0 radical (unpaired) electrons. The molecule has 0 aliphatic heterocycles. The summed E-state index contributed by atoms with van der Waals surface area (Å²) in [4.78, 5) is 47.7. The molecule has 0 heterocycles. The minimum absolute atomic E-state index is 0.000487. The molecule has 1 fully saturated rings. The first-order valence-electron chi connectivity index (χ1n) is 24.9. The van der Waals surface area contributed by atoms with Crippen LogP contribution in [0.3, 0.4) is 0 Å². The van der Waals surface area contributed by atoms with Gasteiger partial charge in [0.15, 0.2) is 6.10 Å². The molecule has 6 atom stereocenters. The molecule has 362 valence electrons. The third-order valence-corrected chi connectivity index (χ3v) is 12.7. The lowest BCUT2D eigenvalue weighted by Gasteiger charge is -2.19. The number of rotatable bonds is 43. The van der Waals surface area contributed by atoms with Gasteiger partial charge in [0.1, 0.15) is 12.4 Å². The molecule has 1 aliphatic rings. The average Bonchev–Trinajstić information content (AvgIpc) is 3.52. The van der Waals surface area contributed by atoms with Gasteiger partial charge in [-0.25, -0.2) is 4.57 Å². The lowest BCUT2D eigenvalue weighted by atomic mass is 9.90. The number of ketones is 1. The summed E-state index contributed by atoms with van der Waals surface area (Å²) >= 11 is 0. The molecule has 0 aromatic rings. The van der Waals surface area contributed by atoms with Gasteiger partial charge in [0, 0.05) is 37.6 Å². The normalized spacial score (nSPS) is 18.7. The van der Waals surface area contributed by atoms with Crippen molar-refractivity contribution in [3.63, 3.8) is 0 Å². The summed E-state index contributed by atoms with van der Waals surface area (Å²) in [6, 6.07) is 0. The number of carbonyl (C=O) groups excluding carboxylic acids is 3. The van der Waals surface area contributed by atoms with Crippen LogP contribution in [0.5, 0.6) is 0 Å². The highest BCUT2D eigenvalue weighted by atomic mass is 31.2. The van der Waals surface area contributed by atoms with Gasteiger partial charge in [-0.3, -0.25) is 23.4 Å². The first kappa shape index (κ1) is 58.1. The number of unbranched alkanes of at least 4 members (excludes halogenated alkanes) is 23. The van der Waals surface area contributed by atoms with Crippen LogP contribution in [-0.2, 0) is 37.5 Å². The highest BCUT2D eigenvalue weighted by Crippen LogP contribution is 2.43. The van der Waals surface area contributed by atoms with E-state index in [-0.39, 0.29) is 56.6 Å². The molecular weight excluding hydrogens is 810 g/mol. The Labute approximate surface area is 376 Å². The molecule has 0 bridgehead atoms. The Morgan fingerprint density at radius 2 is 1.24 bits per heavy atom. The van der Waals surface area contributed by atoms with Gasteiger partial charge in [0.05, 0.1) is 25.4 Å². The fraction of sp³-hybridized carbons (Fsp3) is 0.857. The molecule has 1 aliphatic carbocycles. The van der Waals surface area contributed by atoms with E-state index in [9.17, 15) is 34.1 Å². The molecule has 0 amide bonds. The van der Waals surface area contributed by atoms with Gasteiger partial charge in [-0.2, -0.15) is 0 Å². The van der Waals surface area contributed by atoms with E-state index >= 15 is 0 Å². The van der Waals surface area contributed by atoms with E-state index in [1.807, 2.05) is 12.2 Å². The topological polar surface area (TPSA) is 192 Å². The predicted octanol–water partition coefficient (Wildman–Crippen LogP) is 11.3. The van der Waals surface area contributed by atoms with Gasteiger partial charge in [0.25, 0.3) is 0 Å². The summed E-state index contributed by atoms with van der Waals surface area (Å²) in [6.07, 6.45) is 37.2. The van der Waals surface area contributed by atoms with E-state index in [0.29, 0.717) is 32.1 Å². The van der Waals surface area contributed by atoms with E-state index in [1.54, 1.807) is 12.2 Å². The van der Waals surface area contributed by atoms with Crippen LogP contribution in [0.15, 0.2) is 24.3 Å². The van der Waals surface area contributed by atoms with E-state index in [4.69, 9.17) is 24.3 Å². The van der Waals surface area contributed by atoms with Gasteiger partial charge in [0.2, 0.25) is 0 Å². The highest BCUT2D eigenvalue weighted by Gasteiger charge is 2.39. The second-order valence-corrected chi connectivity index (χ2v) is 18.9. The standard InChI is InChI=1S/C49H90NO11P/c1-3-5-7-8-9-10-11-12-13-14-15-16-17-18-19-20-21-22-23-24-30-34-49(55)61-43(41-60-62(56,57)59-38-37-50)40-58-48(54)33-29-26-25-28-32-44-45(47(53)39-46(44)52)36-35-42(51)31-27-6-4-2/h25,28,35-36,42-45,47,51,53H,3-24,26-27,29-34,37-41,50H2,1-2H3,(H,56,57)/b28-25-,36-35+/t42-,43+,44+,45+,47+/m0/s1. The lowest BCUT2D eigenvalue weighted by molar-refractivity contribution is -0.161. The molecular formula is C49H90NO11P. The van der Waals surface area contributed by atoms with Crippen molar-refractivity contribution < 1.29 is 52.6 Å². The van der Waals surface area contributed by atoms with Crippen molar-refractivity contribution >= 4 is 25.5 Å². The van der Waals surface area contributed by atoms with Crippen LogP contribution in [0.1, 0.15) is 213 Å². The SMILES string of the molecule is CCCCCCCCCCCCCCCCCCCCCCCC(=O)O[C@H](COC(=O)CCC/C=C\C[C@H]1C(=O)C[C@@H](O)[C@@H]1/C=C/[C@@H](O)CCCCC)COP(=O)(O)OCCN.